The number of hydrogen-bond donors (Lipinski definition) is 1. The normalized spacial score (nSPS) is 19.4. The molecule has 1 N–H and O–H groups in total. The van der Waals surface area contributed by atoms with Crippen molar-refractivity contribution in [3.8, 4) is 6.07 Å². The lowest BCUT2D eigenvalue weighted by atomic mass is 9.87. The smallest absolute Gasteiger partial charge is 0.132 e. The number of fused-ring (bicyclic) bond motifs is 1. The molecule has 2 aromatic carbocycles. The van der Waals surface area contributed by atoms with Crippen molar-refractivity contribution in [2.45, 2.75) is 12.5 Å². The highest BCUT2D eigenvalue weighted by Crippen LogP contribution is 2.33. The summed E-state index contributed by atoms with van der Waals surface area (Å²) in [5.74, 6) is 0. The van der Waals surface area contributed by atoms with Crippen LogP contribution in [0.25, 0.3) is 10.8 Å². The van der Waals surface area contributed by atoms with Gasteiger partial charge in [-0.1, -0.05) is 42.5 Å². The van der Waals surface area contributed by atoms with Gasteiger partial charge in [-0.3, -0.25) is 4.90 Å². The molecule has 3 nitrogen and oxygen atoms in total. The fourth-order valence-electron chi connectivity index (χ4n) is 3.06. The Kier molecular flexibility index (Phi) is 3.43. The van der Waals surface area contributed by atoms with E-state index in [9.17, 15) is 5.26 Å². The van der Waals surface area contributed by atoms with Crippen LogP contribution in [-0.2, 0) is 5.54 Å². The maximum Gasteiger partial charge on any atom is 0.132 e. The van der Waals surface area contributed by atoms with Gasteiger partial charge in [0, 0.05) is 26.2 Å². The number of piperazine rings is 1. The molecule has 1 saturated heterocycles. The van der Waals surface area contributed by atoms with E-state index in [1.807, 2.05) is 19.1 Å². The van der Waals surface area contributed by atoms with E-state index in [4.69, 9.17) is 0 Å². The Bertz CT molecular complexity index is 647. The summed E-state index contributed by atoms with van der Waals surface area (Å²) in [7, 11) is 0. The van der Waals surface area contributed by atoms with Crippen LogP contribution in [0.5, 0.6) is 0 Å². The molecule has 0 amide bonds. The number of nitriles is 1. The summed E-state index contributed by atoms with van der Waals surface area (Å²) in [5, 5.41) is 15.6. The fraction of sp³-hybridized carbons (Fsp3) is 0.353. The van der Waals surface area contributed by atoms with Crippen molar-refractivity contribution in [1.82, 2.24) is 10.2 Å². The maximum absolute atomic E-state index is 9.84. The largest absolute Gasteiger partial charge is 0.314 e. The van der Waals surface area contributed by atoms with Crippen LogP contribution in [0, 0.1) is 11.3 Å². The molecule has 0 spiro atoms. The Hall–Kier alpha value is -1.89. The highest BCUT2D eigenvalue weighted by Gasteiger charge is 2.35. The standard InChI is InChI=1S/C17H19N3/c1-17(13-18,20-11-9-19-10-12-20)16-8-4-6-14-5-2-3-7-15(14)16/h2-8,19H,9-12H2,1H3. The minimum atomic E-state index is -0.567. The summed E-state index contributed by atoms with van der Waals surface area (Å²) in [5.41, 5.74) is 0.545. The van der Waals surface area contributed by atoms with Crippen LogP contribution in [0.15, 0.2) is 42.5 Å². The second kappa shape index (κ2) is 5.24. The Balaban J connectivity index is 2.13. The predicted molar refractivity (Wildman–Crippen MR) is 81.4 cm³/mol. The van der Waals surface area contributed by atoms with Crippen LogP contribution in [-0.4, -0.2) is 31.1 Å². The number of hydrogen-bond acceptors (Lipinski definition) is 3. The third-order valence-electron chi connectivity index (χ3n) is 4.28. The Morgan fingerprint density at radius 1 is 1.10 bits per heavy atom. The zero-order valence-electron chi connectivity index (χ0n) is 11.8. The van der Waals surface area contributed by atoms with E-state index in [-0.39, 0.29) is 0 Å². The Morgan fingerprint density at radius 3 is 2.55 bits per heavy atom. The molecule has 2 aromatic rings. The molecule has 0 radical (unpaired) electrons. The van der Waals surface area contributed by atoms with Crippen molar-refractivity contribution in [1.29, 1.82) is 5.26 Å². The van der Waals surface area contributed by atoms with E-state index < -0.39 is 5.54 Å². The van der Waals surface area contributed by atoms with Gasteiger partial charge in [-0.05, 0) is 23.3 Å². The first-order valence-corrected chi connectivity index (χ1v) is 7.11. The summed E-state index contributed by atoms with van der Waals surface area (Å²) >= 11 is 0. The minimum absolute atomic E-state index is 0.567. The zero-order chi connectivity index (χ0) is 14.0. The topological polar surface area (TPSA) is 39.1 Å². The summed E-state index contributed by atoms with van der Waals surface area (Å²) in [6.07, 6.45) is 0. The van der Waals surface area contributed by atoms with Crippen LogP contribution in [0.3, 0.4) is 0 Å². The van der Waals surface area contributed by atoms with Crippen LogP contribution in [0.2, 0.25) is 0 Å². The summed E-state index contributed by atoms with van der Waals surface area (Å²) in [6.45, 7) is 5.75. The molecule has 1 fully saturated rings. The third-order valence-corrected chi connectivity index (χ3v) is 4.28. The SMILES string of the molecule is CC(C#N)(c1cccc2ccccc12)N1CCNCC1. The van der Waals surface area contributed by atoms with Crippen LogP contribution < -0.4 is 5.32 Å². The predicted octanol–water partition coefficient (Wildman–Crippen LogP) is 2.48. The molecule has 0 aliphatic carbocycles. The second-order valence-corrected chi connectivity index (χ2v) is 5.45. The van der Waals surface area contributed by atoms with Gasteiger partial charge in [0.05, 0.1) is 6.07 Å². The van der Waals surface area contributed by atoms with Crippen molar-refractivity contribution >= 4 is 10.8 Å². The molecule has 1 aliphatic rings. The summed E-state index contributed by atoms with van der Waals surface area (Å²) in [4.78, 5) is 2.28. The van der Waals surface area contributed by atoms with Crippen LogP contribution in [0.1, 0.15) is 12.5 Å². The van der Waals surface area contributed by atoms with Gasteiger partial charge >= 0.3 is 0 Å². The van der Waals surface area contributed by atoms with Crippen molar-refractivity contribution < 1.29 is 0 Å². The summed E-state index contributed by atoms with van der Waals surface area (Å²) < 4.78 is 0. The Morgan fingerprint density at radius 2 is 1.80 bits per heavy atom. The quantitative estimate of drug-likeness (QED) is 0.906. The molecule has 1 heterocycles. The van der Waals surface area contributed by atoms with Gasteiger partial charge < -0.3 is 5.32 Å². The van der Waals surface area contributed by atoms with Gasteiger partial charge in [-0.15, -0.1) is 0 Å². The lowest BCUT2D eigenvalue weighted by Crippen LogP contribution is -2.52. The van der Waals surface area contributed by atoms with E-state index in [1.165, 1.54) is 10.8 Å². The van der Waals surface area contributed by atoms with Gasteiger partial charge in [0.15, 0.2) is 0 Å². The van der Waals surface area contributed by atoms with Gasteiger partial charge in [0.1, 0.15) is 5.54 Å². The van der Waals surface area contributed by atoms with E-state index in [2.05, 4.69) is 46.6 Å². The summed E-state index contributed by atoms with van der Waals surface area (Å²) in [6, 6.07) is 17.1. The number of nitrogens with zero attached hydrogens (tertiary/aromatic N) is 2. The lowest BCUT2D eigenvalue weighted by molar-refractivity contribution is 0.134. The first-order valence-electron chi connectivity index (χ1n) is 7.11. The average Bonchev–Trinajstić information content (AvgIpc) is 2.54. The second-order valence-electron chi connectivity index (χ2n) is 5.45. The molecule has 0 aromatic heterocycles. The fourth-order valence-corrected chi connectivity index (χ4v) is 3.06. The molecular formula is C17H19N3. The van der Waals surface area contributed by atoms with Gasteiger partial charge in [0.25, 0.3) is 0 Å². The van der Waals surface area contributed by atoms with Gasteiger partial charge in [0.2, 0.25) is 0 Å². The van der Waals surface area contributed by atoms with Crippen molar-refractivity contribution in [2.75, 3.05) is 26.2 Å². The molecular weight excluding hydrogens is 246 g/mol. The molecule has 3 heteroatoms. The first kappa shape index (κ1) is 13.1. The highest BCUT2D eigenvalue weighted by molar-refractivity contribution is 5.87. The van der Waals surface area contributed by atoms with Crippen molar-refractivity contribution in [3.05, 3.63) is 48.0 Å². The van der Waals surface area contributed by atoms with E-state index in [1.54, 1.807) is 0 Å². The molecule has 20 heavy (non-hydrogen) atoms. The average molecular weight is 265 g/mol. The maximum atomic E-state index is 9.84. The lowest BCUT2D eigenvalue weighted by Gasteiger charge is -2.39. The van der Waals surface area contributed by atoms with Gasteiger partial charge in [-0.25, -0.2) is 0 Å². The monoisotopic (exact) mass is 265 g/mol. The first-order chi connectivity index (χ1) is 9.75. The van der Waals surface area contributed by atoms with E-state index >= 15 is 0 Å². The van der Waals surface area contributed by atoms with Crippen molar-refractivity contribution in [2.24, 2.45) is 0 Å². The highest BCUT2D eigenvalue weighted by atomic mass is 15.2. The van der Waals surface area contributed by atoms with E-state index in [0.29, 0.717) is 0 Å². The molecule has 1 unspecified atom stereocenters. The van der Waals surface area contributed by atoms with Crippen LogP contribution in [0.4, 0.5) is 0 Å². The van der Waals surface area contributed by atoms with Gasteiger partial charge in [-0.2, -0.15) is 5.26 Å². The molecule has 1 atom stereocenters. The zero-order valence-corrected chi connectivity index (χ0v) is 11.8. The molecule has 3 rings (SSSR count). The van der Waals surface area contributed by atoms with E-state index in [0.717, 1.165) is 31.7 Å². The number of benzene rings is 2. The van der Waals surface area contributed by atoms with Crippen molar-refractivity contribution in [3.63, 3.8) is 0 Å². The molecule has 0 saturated carbocycles. The molecule has 102 valence electrons. The number of rotatable bonds is 2. The minimum Gasteiger partial charge on any atom is -0.314 e. The molecule has 1 aliphatic heterocycles. The number of nitrogens with one attached hydrogen (secondary N) is 1. The Labute approximate surface area is 119 Å². The van der Waals surface area contributed by atoms with Crippen LogP contribution >= 0.6 is 0 Å². The molecule has 0 bridgehead atoms. The third kappa shape index (κ3) is 2.07.